The summed E-state index contributed by atoms with van der Waals surface area (Å²) in [6.07, 6.45) is 1.04. The van der Waals surface area contributed by atoms with Gasteiger partial charge in [-0.3, -0.25) is 5.43 Å². The van der Waals surface area contributed by atoms with Crippen LogP contribution in [0.25, 0.3) is 0 Å². The fraction of sp³-hybridized carbons (Fsp3) is 0. The van der Waals surface area contributed by atoms with E-state index in [2.05, 4.69) is 5.10 Å². The van der Waals surface area contributed by atoms with Crippen LogP contribution in [-0.4, -0.2) is 11.3 Å². The van der Waals surface area contributed by atoms with Crippen LogP contribution in [0.5, 0.6) is 5.75 Å². The normalized spacial score (nSPS) is 11.1. The lowest BCUT2D eigenvalue weighted by atomic mass is 10.2. The minimum atomic E-state index is -2.24. The van der Waals surface area contributed by atoms with Gasteiger partial charge in [-0.2, -0.15) is 5.10 Å². The van der Waals surface area contributed by atoms with Gasteiger partial charge in [0.25, 0.3) is 0 Å². The molecule has 0 bridgehead atoms. The second kappa shape index (κ2) is 5.78. The third kappa shape index (κ3) is 2.93. The number of benzene rings is 2. The standard InChI is InChI=1S/C13H7F5N2O/c14-8-9(15)11(17)13(12(18)10(8)16)20-19-5-6-2-1-3-7(21)4-6/h1-5,20-21H. The maximum Gasteiger partial charge on any atom is 0.200 e. The van der Waals surface area contributed by atoms with Gasteiger partial charge in [-0.05, 0) is 17.7 Å². The molecule has 0 aliphatic heterocycles. The Bertz CT molecular complexity index is 689. The van der Waals surface area contributed by atoms with Crippen LogP contribution in [0.3, 0.4) is 0 Å². The van der Waals surface area contributed by atoms with Crippen molar-refractivity contribution in [2.24, 2.45) is 5.10 Å². The number of hydrazone groups is 1. The molecule has 0 saturated carbocycles. The molecule has 2 aromatic rings. The number of rotatable bonds is 3. The maximum absolute atomic E-state index is 13.3. The highest BCUT2D eigenvalue weighted by atomic mass is 19.2. The third-order valence-corrected chi connectivity index (χ3v) is 2.47. The summed E-state index contributed by atoms with van der Waals surface area (Å²) >= 11 is 0. The van der Waals surface area contributed by atoms with Crippen LogP contribution >= 0.6 is 0 Å². The first-order valence-electron chi connectivity index (χ1n) is 5.51. The van der Waals surface area contributed by atoms with Gasteiger partial charge in [0, 0.05) is 0 Å². The molecule has 2 rings (SSSR count). The van der Waals surface area contributed by atoms with E-state index in [4.69, 9.17) is 0 Å². The number of phenols is 1. The highest BCUT2D eigenvalue weighted by molar-refractivity contribution is 5.80. The molecule has 2 aromatic carbocycles. The smallest absolute Gasteiger partial charge is 0.200 e. The highest BCUT2D eigenvalue weighted by Gasteiger charge is 2.25. The highest BCUT2D eigenvalue weighted by Crippen LogP contribution is 2.27. The van der Waals surface area contributed by atoms with E-state index in [1.807, 2.05) is 0 Å². The minimum Gasteiger partial charge on any atom is -0.508 e. The van der Waals surface area contributed by atoms with E-state index in [0.717, 1.165) is 6.21 Å². The van der Waals surface area contributed by atoms with Crippen molar-refractivity contribution >= 4 is 11.9 Å². The Labute approximate surface area is 115 Å². The molecule has 0 saturated heterocycles. The average molecular weight is 302 g/mol. The Kier molecular flexibility index (Phi) is 4.06. The van der Waals surface area contributed by atoms with Crippen LogP contribution in [0.2, 0.25) is 0 Å². The molecule has 0 heterocycles. The van der Waals surface area contributed by atoms with E-state index in [9.17, 15) is 27.1 Å². The number of halogens is 5. The molecular weight excluding hydrogens is 295 g/mol. The van der Waals surface area contributed by atoms with Crippen molar-refractivity contribution in [2.45, 2.75) is 0 Å². The zero-order valence-electron chi connectivity index (χ0n) is 10.2. The number of aromatic hydroxyl groups is 1. The van der Waals surface area contributed by atoms with E-state index in [1.54, 1.807) is 5.43 Å². The minimum absolute atomic E-state index is 0.0739. The van der Waals surface area contributed by atoms with Crippen molar-refractivity contribution in [3.63, 3.8) is 0 Å². The second-order valence-corrected chi connectivity index (χ2v) is 3.91. The van der Waals surface area contributed by atoms with Crippen molar-refractivity contribution in [1.29, 1.82) is 0 Å². The van der Waals surface area contributed by atoms with Crippen molar-refractivity contribution in [3.05, 3.63) is 58.9 Å². The quantitative estimate of drug-likeness (QED) is 0.299. The van der Waals surface area contributed by atoms with Gasteiger partial charge in [-0.1, -0.05) is 12.1 Å². The summed E-state index contributed by atoms with van der Waals surface area (Å²) in [6.45, 7) is 0. The van der Waals surface area contributed by atoms with Crippen molar-refractivity contribution < 1.29 is 27.1 Å². The lowest BCUT2D eigenvalue weighted by Crippen LogP contribution is -2.06. The summed E-state index contributed by atoms with van der Waals surface area (Å²) < 4.78 is 65.2. The fourth-order valence-electron chi connectivity index (χ4n) is 1.48. The molecule has 21 heavy (non-hydrogen) atoms. The molecule has 8 heteroatoms. The Balaban J connectivity index is 2.29. The molecular formula is C13H7F5N2O. The first-order valence-corrected chi connectivity index (χ1v) is 5.51. The van der Waals surface area contributed by atoms with Gasteiger partial charge in [0.2, 0.25) is 5.82 Å². The van der Waals surface area contributed by atoms with Crippen LogP contribution in [0.15, 0.2) is 29.4 Å². The SMILES string of the molecule is Oc1cccc(C=NNc2c(F)c(F)c(F)c(F)c2F)c1. The van der Waals surface area contributed by atoms with Gasteiger partial charge >= 0.3 is 0 Å². The molecule has 0 atom stereocenters. The van der Waals surface area contributed by atoms with Crippen LogP contribution in [0, 0.1) is 29.1 Å². The number of anilines is 1. The molecule has 0 aromatic heterocycles. The largest absolute Gasteiger partial charge is 0.508 e. The van der Waals surface area contributed by atoms with Gasteiger partial charge in [0.1, 0.15) is 11.4 Å². The fourth-order valence-corrected chi connectivity index (χ4v) is 1.48. The van der Waals surface area contributed by atoms with E-state index in [-0.39, 0.29) is 5.75 Å². The van der Waals surface area contributed by atoms with Crippen LogP contribution in [0.4, 0.5) is 27.6 Å². The summed E-state index contributed by atoms with van der Waals surface area (Å²) in [5.74, 6) is -10.5. The summed E-state index contributed by atoms with van der Waals surface area (Å²) in [6, 6.07) is 5.65. The average Bonchev–Trinajstić information content (AvgIpc) is 2.47. The molecule has 2 N–H and O–H groups in total. The Morgan fingerprint density at radius 2 is 1.48 bits per heavy atom. The summed E-state index contributed by atoms with van der Waals surface area (Å²) in [7, 11) is 0. The lowest BCUT2D eigenvalue weighted by Gasteiger charge is -2.06. The predicted molar refractivity (Wildman–Crippen MR) is 65.6 cm³/mol. The van der Waals surface area contributed by atoms with Crippen LogP contribution in [0.1, 0.15) is 5.56 Å². The predicted octanol–water partition coefficient (Wildman–Crippen LogP) is 3.53. The summed E-state index contributed by atoms with van der Waals surface area (Å²) in [5, 5.41) is 12.5. The monoisotopic (exact) mass is 302 g/mol. The lowest BCUT2D eigenvalue weighted by molar-refractivity contribution is 0.381. The summed E-state index contributed by atoms with van der Waals surface area (Å²) in [4.78, 5) is 0. The van der Waals surface area contributed by atoms with E-state index in [0.29, 0.717) is 5.56 Å². The number of nitrogens with one attached hydrogen (secondary N) is 1. The Morgan fingerprint density at radius 1 is 0.905 bits per heavy atom. The topological polar surface area (TPSA) is 44.6 Å². The molecule has 0 unspecified atom stereocenters. The van der Waals surface area contributed by atoms with Crippen LogP contribution < -0.4 is 5.43 Å². The summed E-state index contributed by atoms with van der Waals surface area (Å²) in [5.41, 5.74) is 0.841. The molecule has 0 fully saturated rings. The molecule has 0 amide bonds. The number of hydrogen-bond acceptors (Lipinski definition) is 3. The van der Waals surface area contributed by atoms with Crippen molar-refractivity contribution in [3.8, 4) is 5.75 Å². The van der Waals surface area contributed by atoms with Gasteiger partial charge in [0.15, 0.2) is 23.3 Å². The van der Waals surface area contributed by atoms with Gasteiger partial charge in [0.05, 0.1) is 6.21 Å². The van der Waals surface area contributed by atoms with E-state index in [1.165, 1.54) is 24.3 Å². The number of phenolic OH excluding ortho intramolecular Hbond substituents is 1. The first-order chi connectivity index (χ1) is 9.91. The van der Waals surface area contributed by atoms with Gasteiger partial charge in [-0.15, -0.1) is 0 Å². The third-order valence-electron chi connectivity index (χ3n) is 2.47. The molecule has 0 aliphatic carbocycles. The van der Waals surface area contributed by atoms with E-state index < -0.39 is 34.8 Å². The first kappa shape index (κ1) is 14.8. The molecule has 3 nitrogen and oxygen atoms in total. The molecule has 110 valence electrons. The molecule has 0 spiro atoms. The zero-order chi connectivity index (χ0) is 15.6. The van der Waals surface area contributed by atoms with Crippen LogP contribution in [-0.2, 0) is 0 Å². The number of nitrogens with zero attached hydrogens (tertiary/aromatic N) is 1. The number of hydrogen-bond donors (Lipinski definition) is 2. The Morgan fingerprint density at radius 3 is 2.05 bits per heavy atom. The van der Waals surface area contributed by atoms with Crippen molar-refractivity contribution in [2.75, 3.05) is 5.43 Å². The Hall–Kier alpha value is -2.64. The van der Waals surface area contributed by atoms with Gasteiger partial charge in [-0.25, -0.2) is 22.0 Å². The van der Waals surface area contributed by atoms with Crippen molar-refractivity contribution in [1.82, 2.24) is 0 Å². The van der Waals surface area contributed by atoms with Gasteiger partial charge < -0.3 is 5.11 Å². The maximum atomic E-state index is 13.3. The zero-order valence-corrected chi connectivity index (χ0v) is 10.2. The second-order valence-electron chi connectivity index (χ2n) is 3.91. The molecule has 0 radical (unpaired) electrons. The van der Waals surface area contributed by atoms with E-state index >= 15 is 0 Å². The molecule has 0 aliphatic rings.